The molecule has 0 heterocycles. The monoisotopic (exact) mass is 425 g/mol. The Bertz CT molecular complexity index is 607. The van der Waals surface area contributed by atoms with E-state index in [9.17, 15) is 0 Å². The normalized spacial score (nSPS) is 11.5. The highest BCUT2D eigenvalue weighted by atomic mass is 79.9. The number of benzene rings is 2. The zero-order valence-electron chi connectivity index (χ0n) is 12.9. The molecule has 2 rings (SSSR count). The minimum absolute atomic E-state index is 0.826. The Kier molecular flexibility index (Phi) is 5.33. The van der Waals surface area contributed by atoms with Gasteiger partial charge in [0.1, 0.15) is 0 Å². The van der Waals surface area contributed by atoms with Crippen molar-refractivity contribution in [3.8, 4) is 0 Å². The number of rotatable bonds is 4. The van der Waals surface area contributed by atoms with E-state index in [0.29, 0.717) is 0 Å². The molecule has 0 fully saturated rings. The summed E-state index contributed by atoms with van der Waals surface area (Å²) in [4.78, 5) is 0. The van der Waals surface area contributed by atoms with Gasteiger partial charge in [-0.2, -0.15) is 0 Å². The quantitative estimate of drug-likeness (QED) is 0.620. The van der Waals surface area contributed by atoms with Gasteiger partial charge in [0.05, 0.1) is 13.8 Å². The van der Waals surface area contributed by atoms with E-state index < -0.39 is 8.07 Å². The predicted octanol–water partition coefficient (Wildman–Crippen LogP) is 5.68. The molecular weight excluding hydrogens is 406 g/mol. The van der Waals surface area contributed by atoms with Crippen LogP contribution >= 0.6 is 31.9 Å². The number of hydrogen-bond acceptors (Lipinski definition) is 1. The number of hydrogen-bond donors (Lipinski definition) is 1. The smallest absolute Gasteiger partial charge is 0.0775 e. The van der Waals surface area contributed by atoms with Crippen molar-refractivity contribution in [1.82, 2.24) is 0 Å². The fourth-order valence-corrected chi connectivity index (χ4v) is 5.04. The van der Waals surface area contributed by atoms with Crippen molar-refractivity contribution in [2.45, 2.75) is 33.1 Å². The van der Waals surface area contributed by atoms with E-state index in [1.807, 2.05) is 0 Å². The summed E-state index contributed by atoms with van der Waals surface area (Å²) in [6.07, 6.45) is 0. The first-order valence-corrected chi connectivity index (χ1v) is 12.1. The van der Waals surface area contributed by atoms with Gasteiger partial charge in [-0.1, -0.05) is 49.1 Å². The molecule has 0 aliphatic rings. The van der Waals surface area contributed by atoms with Gasteiger partial charge in [-0.05, 0) is 62.0 Å². The summed E-state index contributed by atoms with van der Waals surface area (Å²) >= 11 is 7.24. The summed E-state index contributed by atoms with van der Waals surface area (Å²) in [6.45, 7) is 10.0. The lowest BCUT2D eigenvalue weighted by molar-refractivity contribution is 1.14. The fourth-order valence-electron chi connectivity index (χ4n) is 2.18. The molecule has 0 aliphatic carbocycles. The van der Waals surface area contributed by atoms with Crippen LogP contribution < -0.4 is 10.5 Å². The van der Waals surface area contributed by atoms with Crippen molar-refractivity contribution in [3.05, 3.63) is 56.5 Å². The van der Waals surface area contributed by atoms with Crippen LogP contribution in [0.1, 0.15) is 11.1 Å². The second kappa shape index (κ2) is 6.67. The molecule has 2 aromatic rings. The lowest BCUT2D eigenvalue weighted by Crippen LogP contribution is -2.37. The van der Waals surface area contributed by atoms with E-state index in [1.165, 1.54) is 16.3 Å². The molecule has 0 aromatic heterocycles. The van der Waals surface area contributed by atoms with Crippen molar-refractivity contribution in [1.29, 1.82) is 0 Å². The standard InChI is InChI=1S/C17H21Br2NSi/c1-12-9-15(18)17(16(19)10-12)20-11-13-5-7-14(8-6-13)21(2,3)4/h5-10,20H,11H2,1-4H3. The summed E-state index contributed by atoms with van der Waals surface area (Å²) in [5.41, 5.74) is 3.64. The van der Waals surface area contributed by atoms with E-state index in [1.54, 1.807) is 0 Å². The molecule has 0 saturated heterocycles. The van der Waals surface area contributed by atoms with Crippen LogP contribution in [0.15, 0.2) is 45.3 Å². The second-order valence-corrected chi connectivity index (χ2v) is 13.2. The van der Waals surface area contributed by atoms with E-state index in [0.717, 1.165) is 21.2 Å². The first-order chi connectivity index (χ1) is 9.77. The Hall–Kier alpha value is -0.583. The van der Waals surface area contributed by atoms with Crippen molar-refractivity contribution in [3.63, 3.8) is 0 Å². The molecule has 112 valence electrons. The molecule has 0 radical (unpaired) electrons. The highest BCUT2D eigenvalue weighted by molar-refractivity contribution is 9.11. The minimum Gasteiger partial charge on any atom is -0.379 e. The molecule has 1 nitrogen and oxygen atoms in total. The lowest BCUT2D eigenvalue weighted by Gasteiger charge is -2.17. The first kappa shape index (κ1) is 16.8. The molecule has 4 heteroatoms. The maximum absolute atomic E-state index is 3.62. The number of halogens is 2. The summed E-state index contributed by atoms with van der Waals surface area (Å²) in [6, 6.07) is 13.3. The highest BCUT2D eigenvalue weighted by Crippen LogP contribution is 2.32. The van der Waals surface area contributed by atoms with Crippen LogP contribution in [-0.2, 0) is 6.54 Å². The zero-order valence-corrected chi connectivity index (χ0v) is 17.1. The molecule has 0 amide bonds. The molecular formula is C17H21Br2NSi. The van der Waals surface area contributed by atoms with Gasteiger partial charge in [-0.15, -0.1) is 0 Å². The Morgan fingerprint density at radius 2 is 1.48 bits per heavy atom. The Morgan fingerprint density at radius 3 is 1.95 bits per heavy atom. The van der Waals surface area contributed by atoms with Crippen LogP contribution in [0.25, 0.3) is 0 Å². The van der Waals surface area contributed by atoms with Crippen molar-refractivity contribution >= 4 is 50.8 Å². The summed E-state index contributed by atoms with van der Waals surface area (Å²) in [5.74, 6) is 0. The SMILES string of the molecule is Cc1cc(Br)c(NCc2ccc([Si](C)(C)C)cc2)c(Br)c1. The molecule has 2 aromatic carbocycles. The molecule has 0 saturated carbocycles. The van der Waals surface area contributed by atoms with E-state index in [2.05, 4.69) is 100 Å². The van der Waals surface area contributed by atoms with Gasteiger partial charge in [0, 0.05) is 15.5 Å². The van der Waals surface area contributed by atoms with E-state index >= 15 is 0 Å². The number of aryl methyl sites for hydroxylation is 1. The van der Waals surface area contributed by atoms with E-state index in [-0.39, 0.29) is 0 Å². The number of nitrogens with one attached hydrogen (secondary N) is 1. The van der Waals surface area contributed by atoms with Gasteiger partial charge in [0.2, 0.25) is 0 Å². The van der Waals surface area contributed by atoms with Gasteiger partial charge in [0.25, 0.3) is 0 Å². The predicted molar refractivity (Wildman–Crippen MR) is 103 cm³/mol. The Morgan fingerprint density at radius 1 is 0.952 bits per heavy atom. The summed E-state index contributed by atoms with van der Waals surface area (Å²) in [7, 11) is -1.20. The fraction of sp³-hybridized carbons (Fsp3) is 0.294. The van der Waals surface area contributed by atoms with Crippen LogP contribution in [0.3, 0.4) is 0 Å². The Balaban J connectivity index is 2.10. The molecule has 0 bridgehead atoms. The van der Waals surface area contributed by atoms with Gasteiger partial charge in [0.15, 0.2) is 0 Å². The van der Waals surface area contributed by atoms with Crippen molar-refractivity contribution in [2.75, 3.05) is 5.32 Å². The first-order valence-electron chi connectivity index (χ1n) is 7.06. The maximum Gasteiger partial charge on any atom is 0.0775 e. The lowest BCUT2D eigenvalue weighted by atomic mass is 10.2. The average Bonchev–Trinajstić information content (AvgIpc) is 2.37. The second-order valence-electron chi connectivity index (χ2n) is 6.40. The Labute approximate surface area is 145 Å². The van der Waals surface area contributed by atoms with Crippen molar-refractivity contribution < 1.29 is 0 Å². The van der Waals surface area contributed by atoms with Gasteiger partial charge >= 0.3 is 0 Å². The topological polar surface area (TPSA) is 12.0 Å². The van der Waals surface area contributed by atoms with Gasteiger partial charge in [-0.3, -0.25) is 0 Å². The van der Waals surface area contributed by atoms with E-state index in [4.69, 9.17) is 0 Å². The van der Waals surface area contributed by atoms with Gasteiger partial charge in [-0.25, -0.2) is 0 Å². The molecule has 0 spiro atoms. The third kappa shape index (κ3) is 4.44. The van der Waals surface area contributed by atoms with Crippen LogP contribution in [0, 0.1) is 6.92 Å². The maximum atomic E-state index is 3.62. The zero-order chi connectivity index (χ0) is 15.6. The third-order valence-electron chi connectivity index (χ3n) is 3.48. The van der Waals surface area contributed by atoms with Gasteiger partial charge < -0.3 is 5.32 Å². The molecule has 0 aliphatic heterocycles. The van der Waals surface area contributed by atoms with Crippen LogP contribution in [0.5, 0.6) is 0 Å². The molecule has 0 unspecified atom stereocenters. The highest BCUT2D eigenvalue weighted by Gasteiger charge is 2.15. The number of anilines is 1. The molecule has 21 heavy (non-hydrogen) atoms. The van der Waals surface area contributed by atoms with Crippen molar-refractivity contribution in [2.24, 2.45) is 0 Å². The molecule has 1 N–H and O–H groups in total. The summed E-state index contributed by atoms with van der Waals surface area (Å²) in [5, 5.41) is 5.00. The van der Waals surface area contributed by atoms with Crippen LogP contribution in [-0.4, -0.2) is 8.07 Å². The van der Waals surface area contributed by atoms with Crippen LogP contribution in [0.2, 0.25) is 19.6 Å². The molecule has 0 atom stereocenters. The van der Waals surface area contributed by atoms with Crippen LogP contribution in [0.4, 0.5) is 5.69 Å². The third-order valence-corrected chi connectivity index (χ3v) is 6.79. The minimum atomic E-state index is -1.20. The largest absolute Gasteiger partial charge is 0.379 e. The summed E-state index contributed by atoms with van der Waals surface area (Å²) < 4.78 is 2.18. The average molecular weight is 427 g/mol.